The number of rotatable bonds is 5. The molecule has 1 fully saturated rings. The second-order valence-corrected chi connectivity index (χ2v) is 6.79. The Hall–Kier alpha value is -2.24. The first-order chi connectivity index (χ1) is 12.3. The average molecular weight is 335 g/mol. The monoisotopic (exact) mass is 335 g/mol. The molecule has 0 aliphatic carbocycles. The van der Waals surface area contributed by atoms with Gasteiger partial charge in [-0.1, -0.05) is 30.3 Å². The van der Waals surface area contributed by atoms with Gasteiger partial charge >= 0.3 is 0 Å². The van der Waals surface area contributed by atoms with Crippen molar-refractivity contribution in [3.05, 3.63) is 59.7 Å². The third kappa shape index (κ3) is 3.43. The first-order valence-electron chi connectivity index (χ1n) is 9.17. The lowest BCUT2D eigenvalue weighted by Gasteiger charge is -2.30. The van der Waals surface area contributed by atoms with E-state index in [0.29, 0.717) is 18.5 Å². The Labute approximate surface area is 148 Å². The molecule has 1 aromatic carbocycles. The topological polar surface area (TPSA) is 79.6 Å². The van der Waals surface area contributed by atoms with E-state index in [-0.39, 0.29) is 0 Å². The van der Waals surface area contributed by atoms with Crippen molar-refractivity contribution in [3.63, 3.8) is 0 Å². The molecule has 2 unspecified atom stereocenters. The zero-order chi connectivity index (χ0) is 17.1. The van der Waals surface area contributed by atoms with Gasteiger partial charge in [-0.2, -0.15) is 0 Å². The molecule has 130 valence electrons. The van der Waals surface area contributed by atoms with E-state index < -0.39 is 0 Å². The summed E-state index contributed by atoms with van der Waals surface area (Å²) in [6, 6.07) is 13.1. The number of piperidine rings is 1. The van der Waals surface area contributed by atoms with Crippen molar-refractivity contribution in [2.45, 2.75) is 37.6 Å². The molecule has 4 N–H and O–H groups in total. The quantitative estimate of drug-likeness (QED) is 0.669. The summed E-state index contributed by atoms with van der Waals surface area (Å²) in [5, 5.41) is 3.66. The number of benzene rings is 1. The van der Waals surface area contributed by atoms with E-state index in [1.54, 1.807) is 0 Å². The van der Waals surface area contributed by atoms with Gasteiger partial charge in [-0.05, 0) is 44.0 Å². The minimum absolute atomic E-state index is 0.382. The van der Waals surface area contributed by atoms with Gasteiger partial charge in [0, 0.05) is 24.6 Å². The molecule has 4 rings (SSSR count). The number of nitrogens with two attached hydrogens (primary N) is 1. The Morgan fingerprint density at radius 1 is 1.12 bits per heavy atom. The van der Waals surface area contributed by atoms with Crippen LogP contribution in [0.2, 0.25) is 0 Å². The number of aromatic amines is 1. The zero-order valence-electron chi connectivity index (χ0n) is 14.4. The molecule has 0 amide bonds. The number of H-pyrrole nitrogens is 1. The summed E-state index contributed by atoms with van der Waals surface area (Å²) in [5.41, 5.74) is 10.3. The van der Waals surface area contributed by atoms with Crippen LogP contribution >= 0.6 is 0 Å². The Morgan fingerprint density at radius 3 is 2.84 bits per heavy atom. The lowest BCUT2D eigenvalue weighted by atomic mass is 9.86. The molecule has 0 spiro atoms. The molecule has 3 aromatic rings. The number of hydrogen-bond donors (Lipinski definition) is 3. The van der Waals surface area contributed by atoms with Crippen molar-refractivity contribution < 1.29 is 0 Å². The van der Waals surface area contributed by atoms with Crippen LogP contribution in [0, 0.1) is 0 Å². The van der Waals surface area contributed by atoms with E-state index in [1.807, 2.05) is 12.3 Å². The third-order valence-corrected chi connectivity index (χ3v) is 5.08. The van der Waals surface area contributed by atoms with Crippen LogP contribution < -0.4 is 11.1 Å². The largest absolute Gasteiger partial charge is 0.358 e. The van der Waals surface area contributed by atoms with Crippen molar-refractivity contribution in [1.82, 2.24) is 20.3 Å². The van der Waals surface area contributed by atoms with Gasteiger partial charge in [0.15, 0.2) is 0 Å². The fraction of sp³-hybridized carbons (Fsp3) is 0.400. The zero-order valence-corrected chi connectivity index (χ0v) is 14.4. The molecule has 3 heterocycles. The summed E-state index contributed by atoms with van der Waals surface area (Å²) in [4.78, 5) is 13.0. The van der Waals surface area contributed by atoms with Crippen LogP contribution in [0.15, 0.2) is 42.6 Å². The minimum Gasteiger partial charge on any atom is -0.358 e. The van der Waals surface area contributed by atoms with E-state index in [9.17, 15) is 0 Å². The van der Waals surface area contributed by atoms with Gasteiger partial charge in [0.2, 0.25) is 0 Å². The lowest BCUT2D eigenvalue weighted by Crippen LogP contribution is -2.31. The maximum atomic E-state index is 5.66. The van der Waals surface area contributed by atoms with Gasteiger partial charge in [0.25, 0.3) is 0 Å². The normalized spacial score (nSPS) is 20.8. The van der Waals surface area contributed by atoms with Gasteiger partial charge < -0.3 is 16.0 Å². The van der Waals surface area contributed by atoms with Gasteiger partial charge in [0.1, 0.15) is 5.82 Å². The van der Waals surface area contributed by atoms with Crippen molar-refractivity contribution in [2.24, 2.45) is 5.73 Å². The molecule has 0 radical (unpaired) electrons. The highest BCUT2D eigenvalue weighted by Gasteiger charge is 2.27. The summed E-state index contributed by atoms with van der Waals surface area (Å²) in [7, 11) is 0. The maximum Gasteiger partial charge on any atom is 0.129 e. The average Bonchev–Trinajstić information content (AvgIpc) is 3.15. The summed E-state index contributed by atoms with van der Waals surface area (Å²) < 4.78 is 0. The fourth-order valence-corrected chi connectivity index (χ4v) is 3.79. The van der Waals surface area contributed by atoms with Crippen molar-refractivity contribution >= 4 is 11.0 Å². The van der Waals surface area contributed by atoms with Crippen LogP contribution in [-0.2, 0) is 6.42 Å². The molecule has 1 aliphatic rings. The second kappa shape index (κ2) is 7.33. The fourth-order valence-electron chi connectivity index (χ4n) is 3.79. The predicted molar refractivity (Wildman–Crippen MR) is 100 cm³/mol. The number of aromatic nitrogens is 3. The molecular weight excluding hydrogens is 310 g/mol. The molecular formula is C20H25N5. The molecule has 0 bridgehead atoms. The predicted octanol–water partition coefficient (Wildman–Crippen LogP) is 3.06. The van der Waals surface area contributed by atoms with E-state index in [1.165, 1.54) is 11.3 Å². The van der Waals surface area contributed by atoms with Gasteiger partial charge in [-0.25, -0.2) is 9.97 Å². The van der Waals surface area contributed by atoms with Crippen LogP contribution in [0.1, 0.15) is 48.3 Å². The standard InChI is InChI=1S/C20H25N5/c21-10-4-7-18-24-16-9-12-23-20(16)19(25-18)15-8-11-22-17(13-15)14-5-2-1-3-6-14/h1-3,5-6,9,12,15,17,22-23H,4,7-8,10-11,13,21H2. The number of fused-ring (bicyclic) bond motifs is 1. The molecule has 2 atom stereocenters. The highest BCUT2D eigenvalue weighted by Crippen LogP contribution is 2.35. The van der Waals surface area contributed by atoms with Crippen LogP contribution in [-0.4, -0.2) is 28.0 Å². The summed E-state index contributed by atoms with van der Waals surface area (Å²) in [6.07, 6.45) is 5.90. The number of nitrogens with one attached hydrogen (secondary N) is 2. The SMILES string of the molecule is NCCCc1nc(C2CCNC(c3ccccc3)C2)c2[nH]ccc2n1. The smallest absolute Gasteiger partial charge is 0.129 e. The molecule has 1 saturated heterocycles. The van der Waals surface area contributed by atoms with Crippen molar-refractivity contribution in [1.29, 1.82) is 0 Å². The van der Waals surface area contributed by atoms with E-state index in [4.69, 9.17) is 15.7 Å². The summed E-state index contributed by atoms with van der Waals surface area (Å²) in [5.74, 6) is 1.36. The lowest BCUT2D eigenvalue weighted by molar-refractivity contribution is 0.366. The number of hydrogen-bond acceptors (Lipinski definition) is 4. The van der Waals surface area contributed by atoms with E-state index in [2.05, 4.69) is 40.6 Å². The Kier molecular flexibility index (Phi) is 4.76. The van der Waals surface area contributed by atoms with Crippen LogP contribution in [0.3, 0.4) is 0 Å². The van der Waals surface area contributed by atoms with Crippen LogP contribution in [0.25, 0.3) is 11.0 Å². The first-order valence-corrected chi connectivity index (χ1v) is 9.17. The van der Waals surface area contributed by atoms with E-state index in [0.717, 1.165) is 49.1 Å². The highest BCUT2D eigenvalue weighted by molar-refractivity contribution is 5.77. The van der Waals surface area contributed by atoms with Gasteiger partial charge in [-0.3, -0.25) is 0 Å². The maximum absolute atomic E-state index is 5.66. The summed E-state index contributed by atoms with van der Waals surface area (Å²) in [6.45, 7) is 1.68. The van der Waals surface area contributed by atoms with Gasteiger partial charge in [0.05, 0.1) is 16.7 Å². The number of nitrogens with zero attached hydrogens (tertiary/aromatic N) is 2. The van der Waals surface area contributed by atoms with Crippen molar-refractivity contribution in [3.8, 4) is 0 Å². The molecule has 25 heavy (non-hydrogen) atoms. The van der Waals surface area contributed by atoms with Gasteiger partial charge in [-0.15, -0.1) is 0 Å². The molecule has 5 heteroatoms. The first kappa shape index (κ1) is 16.2. The third-order valence-electron chi connectivity index (χ3n) is 5.08. The Balaban J connectivity index is 1.64. The molecule has 2 aromatic heterocycles. The van der Waals surface area contributed by atoms with Crippen LogP contribution in [0.5, 0.6) is 0 Å². The molecule has 5 nitrogen and oxygen atoms in total. The molecule has 0 saturated carbocycles. The number of aryl methyl sites for hydroxylation is 1. The minimum atomic E-state index is 0.382. The Bertz CT molecular complexity index is 826. The van der Waals surface area contributed by atoms with Crippen molar-refractivity contribution in [2.75, 3.05) is 13.1 Å². The van der Waals surface area contributed by atoms with E-state index >= 15 is 0 Å². The summed E-state index contributed by atoms with van der Waals surface area (Å²) >= 11 is 0. The van der Waals surface area contributed by atoms with Crippen LogP contribution in [0.4, 0.5) is 0 Å². The molecule has 1 aliphatic heterocycles. The highest BCUT2D eigenvalue weighted by atomic mass is 15.0. The second-order valence-electron chi connectivity index (χ2n) is 6.79. The Morgan fingerprint density at radius 2 is 2.00 bits per heavy atom.